The zero-order valence-corrected chi connectivity index (χ0v) is 10.2. The van der Waals surface area contributed by atoms with Gasteiger partial charge in [0, 0.05) is 11.8 Å². The Bertz CT molecular complexity index is 745. The first-order valence-electron chi connectivity index (χ1n) is 5.76. The van der Waals surface area contributed by atoms with Gasteiger partial charge in [-0.05, 0) is 30.3 Å². The lowest BCUT2D eigenvalue weighted by Gasteiger charge is -1.99. The average Bonchev–Trinajstić information content (AvgIpc) is 3.08. The van der Waals surface area contributed by atoms with E-state index in [9.17, 15) is 14.3 Å². The highest BCUT2D eigenvalue weighted by Crippen LogP contribution is 2.24. The molecule has 0 aliphatic rings. The summed E-state index contributed by atoms with van der Waals surface area (Å²) in [5.74, 6) is -1.45. The fraction of sp³-hybridized carbons (Fsp3) is 0. The topological polar surface area (TPSA) is 68.3 Å². The molecule has 100 valence electrons. The number of halogens is 1. The van der Waals surface area contributed by atoms with Gasteiger partial charge in [0.15, 0.2) is 0 Å². The van der Waals surface area contributed by atoms with Crippen LogP contribution in [0.2, 0.25) is 0 Å². The SMILES string of the molecule is O=C(O)c1cn(-c2ccc(F)cc2)nc1-c1ccoc1. The third-order valence-electron chi connectivity index (χ3n) is 2.83. The van der Waals surface area contributed by atoms with Gasteiger partial charge in [-0.2, -0.15) is 5.10 Å². The van der Waals surface area contributed by atoms with E-state index in [4.69, 9.17) is 4.42 Å². The highest BCUT2D eigenvalue weighted by Gasteiger charge is 2.18. The minimum Gasteiger partial charge on any atom is -0.478 e. The molecule has 20 heavy (non-hydrogen) atoms. The van der Waals surface area contributed by atoms with Crippen molar-refractivity contribution in [3.05, 3.63) is 60.4 Å². The standard InChI is InChI=1S/C14H9FN2O3/c15-10-1-3-11(4-2-10)17-7-12(14(18)19)13(16-17)9-5-6-20-8-9/h1-8H,(H,18,19). The van der Waals surface area contributed by atoms with Crippen LogP contribution in [0.25, 0.3) is 16.9 Å². The Morgan fingerprint density at radius 1 is 1.25 bits per heavy atom. The number of nitrogens with zero attached hydrogens (tertiary/aromatic N) is 2. The lowest BCUT2D eigenvalue weighted by atomic mass is 10.1. The predicted octanol–water partition coefficient (Wildman–Crippen LogP) is 2.97. The highest BCUT2D eigenvalue weighted by atomic mass is 19.1. The van der Waals surface area contributed by atoms with Gasteiger partial charge in [-0.15, -0.1) is 0 Å². The Hall–Kier alpha value is -2.89. The van der Waals surface area contributed by atoms with Gasteiger partial charge in [0.2, 0.25) is 0 Å². The second-order valence-electron chi connectivity index (χ2n) is 4.13. The molecule has 0 radical (unpaired) electrons. The predicted molar refractivity (Wildman–Crippen MR) is 68.2 cm³/mol. The molecule has 0 aliphatic carbocycles. The maximum Gasteiger partial charge on any atom is 0.339 e. The van der Waals surface area contributed by atoms with E-state index >= 15 is 0 Å². The second-order valence-corrected chi connectivity index (χ2v) is 4.13. The monoisotopic (exact) mass is 272 g/mol. The number of hydrogen-bond acceptors (Lipinski definition) is 3. The summed E-state index contributed by atoms with van der Waals surface area (Å²) in [5, 5.41) is 13.5. The zero-order valence-electron chi connectivity index (χ0n) is 10.2. The number of rotatable bonds is 3. The quantitative estimate of drug-likeness (QED) is 0.795. The number of carboxylic acid groups (broad SMARTS) is 1. The van der Waals surface area contributed by atoms with Crippen LogP contribution in [0, 0.1) is 5.82 Å². The first-order valence-corrected chi connectivity index (χ1v) is 5.76. The van der Waals surface area contributed by atoms with Crippen molar-refractivity contribution in [2.45, 2.75) is 0 Å². The molecule has 0 aliphatic heterocycles. The molecule has 2 aromatic heterocycles. The number of aromatic carboxylic acids is 1. The summed E-state index contributed by atoms with van der Waals surface area (Å²) in [6, 6.07) is 7.24. The lowest BCUT2D eigenvalue weighted by Crippen LogP contribution is -1.96. The third-order valence-corrected chi connectivity index (χ3v) is 2.83. The molecule has 0 saturated carbocycles. The molecule has 2 heterocycles. The minimum atomic E-state index is -1.09. The number of aromatic nitrogens is 2. The molecule has 0 fully saturated rings. The summed E-state index contributed by atoms with van der Waals surface area (Å²) >= 11 is 0. The Morgan fingerprint density at radius 2 is 2.00 bits per heavy atom. The van der Waals surface area contributed by atoms with E-state index in [1.807, 2.05) is 0 Å². The maximum absolute atomic E-state index is 12.9. The van der Waals surface area contributed by atoms with Gasteiger partial charge in [0.05, 0.1) is 18.2 Å². The van der Waals surface area contributed by atoms with Gasteiger partial charge in [-0.1, -0.05) is 0 Å². The Labute approximate surface area is 112 Å². The lowest BCUT2D eigenvalue weighted by molar-refractivity contribution is 0.0697. The van der Waals surface area contributed by atoms with Crippen LogP contribution in [0.5, 0.6) is 0 Å². The summed E-state index contributed by atoms with van der Waals surface area (Å²) in [6.45, 7) is 0. The smallest absolute Gasteiger partial charge is 0.339 e. The highest BCUT2D eigenvalue weighted by molar-refractivity contribution is 5.94. The molecule has 1 aromatic carbocycles. The number of carbonyl (C=O) groups is 1. The van der Waals surface area contributed by atoms with E-state index in [0.717, 1.165) is 0 Å². The van der Waals surface area contributed by atoms with Crippen molar-refractivity contribution in [3.8, 4) is 16.9 Å². The normalized spacial score (nSPS) is 10.7. The summed E-state index contributed by atoms with van der Waals surface area (Å²) in [6.07, 6.45) is 4.25. The number of furan rings is 1. The van der Waals surface area contributed by atoms with Crippen molar-refractivity contribution in [2.24, 2.45) is 0 Å². The van der Waals surface area contributed by atoms with Gasteiger partial charge in [0.1, 0.15) is 17.1 Å². The van der Waals surface area contributed by atoms with Gasteiger partial charge in [-0.25, -0.2) is 13.9 Å². The van der Waals surface area contributed by atoms with E-state index in [0.29, 0.717) is 16.9 Å². The van der Waals surface area contributed by atoms with E-state index in [1.54, 1.807) is 6.07 Å². The van der Waals surface area contributed by atoms with Gasteiger partial charge in [-0.3, -0.25) is 0 Å². The Kier molecular flexibility index (Phi) is 2.83. The first kappa shape index (κ1) is 12.2. The minimum absolute atomic E-state index is 0.0516. The van der Waals surface area contributed by atoms with Crippen LogP contribution in [-0.2, 0) is 0 Å². The average molecular weight is 272 g/mol. The van der Waals surface area contributed by atoms with Crippen LogP contribution in [0.4, 0.5) is 4.39 Å². The Balaban J connectivity index is 2.12. The van der Waals surface area contributed by atoms with Crippen LogP contribution >= 0.6 is 0 Å². The van der Waals surface area contributed by atoms with Crippen LogP contribution in [0.3, 0.4) is 0 Å². The van der Waals surface area contributed by atoms with Crippen molar-refractivity contribution in [2.75, 3.05) is 0 Å². The van der Waals surface area contributed by atoms with Crippen molar-refractivity contribution in [1.29, 1.82) is 0 Å². The fourth-order valence-corrected chi connectivity index (χ4v) is 1.87. The Morgan fingerprint density at radius 3 is 2.60 bits per heavy atom. The van der Waals surface area contributed by atoms with Crippen molar-refractivity contribution < 1.29 is 18.7 Å². The van der Waals surface area contributed by atoms with Gasteiger partial charge < -0.3 is 9.52 Å². The first-order chi connectivity index (χ1) is 9.65. The van der Waals surface area contributed by atoms with Crippen LogP contribution in [0.15, 0.2) is 53.5 Å². The number of hydrogen-bond donors (Lipinski definition) is 1. The summed E-state index contributed by atoms with van der Waals surface area (Å²) in [5.41, 5.74) is 1.50. The number of benzene rings is 1. The van der Waals surface area contributed by atoms with Crippen molar-refractivity contribution in [3.63, 3.8) is 0 Å². The zero-order chi connectivity index (χ0) is 14.1. The second kappa shape index (κ2) is 4.65. The van der Waals surface area contributed by atoms with Gasteiger partial charge >= 0.3 is 5.97 Å². The molecule has 0 spiro atoms. The molecule has 5 nitrogen and oxygen atoms in total. The summed E-state index contributed by atoms with van der Waals surface area (Å²) < 4.78 is 19.2. The van der Waals surface area contributed by atoms with E-state index in [-0.39, 0.29) is 11.4 Å². The van der Waals surface area contributed by atoms with Crippen LogP contribution in [-0.4, -0.2) is 20.9 Å². The molecular weight excluding hydrogens is 263 g/mol. The fourth-order valence-electron chi connectivity index (χ4n) is 1.87. The molecular formula is C14H9FN2O3. The molecule has 0 amide bonds. The molecule has 1 N–H and O–H groups in total. The molecule has 3 rings (SSSR count). The number of carboxylic acids is 1. The molecule has 3 aromatic rings. The third kappa shape index (κ3) is 2.07. The molecule has 0 bridgehead atoms. The van der Waals surface area contributed by atoms with Crippen molar-refractivity contribution in [1.82, 2.24) is 9.78 Å². The maximum atomic E-state index is 12.9. The van der Waals surface area contributed by atoms with Crippen LogP contribution in [0.1, 0.15) is 10.4 Å². The molecule has 0 unspecified atom stereocenters. The largest absolute Gasteiger partial charge is 0.478 e. The van der Waals surface area contributed by atoms with E-state index in [1.165, 1.54) is 47.7 Å². The summed E-state index contributed by atoms with van der Waals surface area (Å²) in [7, 11) is 0. The van der Waals surface area contributed by atoms with Gasteiger partial charge in [0.25, 0.3) is 0 Å². The van der Waals surface area contributed by atoms with Crippen LogP contribution < -0.4 is 0 Å². The molecule has 6 heteroatoms. The molecule has 0 atom stereocenters. The summed E-state index contributed by atoms with van der Waals surface area (Å²) in [4.78, 5) is 11.3. The van der Waals surface area contributed by atoms with E-state index < -0.39 is 5.97 Å². The molecule has 0 saturated heterocycles. The van der Waals surface area contributed by atoms with Crippen molar-refractivity contribution >= 4 is 5.97 Å². The van der Waals surface area contributed by atoms with E-state index in [2.05, 4.69) is 5.10 Å².